The summed E-state index contributed by atoms with van der Waals surface area (Å²) in [6.45, 7) is 1.74. The number of aromatic amines is 1. The molecule has 5 heteroatoms. The van der Waals surface area contributed by atoms with E-state index in [9.17, 15) is 4.79 Å². The lowest BCUT2D eigenvalue weighted by Gasteiger charge is -2.13. The highest BCUT2D eigenvalue weighted by Gasteiger charge is 2.10. The number of pyridine rings is 1. The zero-order chi connectivity index (χ0) is 17.1. The largest absolute Gasteiger partial charge is 0.457 e. The topological polar surface area (TPSA) is 91.9 Å². The number of hydrogen-bond acceptors (Lipinski definition) is 4. The molecule has 0 amide bonds. The Labute approximate surface area is 139 Å². The highest BCUT2D eigenvalue weighted by molar-refractivity contribution is 5.74. The minimum atomic E-state index is -0.133. The summed E-state index contributed by atoms with van der Waals surface area (Å²) >= 11 is 0. The number of aromatic nitrogens is 1. The van der Waals surface area contributed by atoms with Gasteiger partial charge in [-0.1, -0.05) is 6.07 Å². The fourth-order valence-corrected chi connectivity index (χ4v) is 2.37. The monoisotopic (exact) mass is 317 g/mol. The Morgan fingerprint density at radius 1 is 1.17 bits per heavy atom. The molecule has 0 atom stereocenters. The average Bonchev–Trinajstić information content (AvgIpc) is 2.59. The van der Waals surface area contributed by atoms with Gasteiger partial charge in [0.25, 0.3) is 5.56 Å². The van der Waals surface area contributed by atoms with Gasteiger partial charge in [-0.3, -0.25) is 4.79 Å². The molecule has 0 radical (unpaired) electrons. The summed E-state index contributed by atoms with van der Waals surface area (Å²) in [5, 5.41) is 9.00. The Kier molecular flexibility index (Phi) is 4.04. The van der Waals surface area contributed by atoms with E-state index < -0.39 is 0 Å². The van der Waals surface area contributed by atoms with E-state index in [1.165, 1.54) is 0 Å². The van der Waals surface area contributed by atoms with E-state index in [1.54, 1.807) is 61.7 Å². The van der Waals surface area contributed by atoms with Crippen molar-refractivity contribution in [3.63, 3.8) is 0 Å². The third kappa shape index (κ3) is 3.13. The molecule has 0 aliphatic rings. The van der Waals surface area contributed by atoms with Crippen molar-refractivity contribution in [2.24, 2.45) is 0 Å². The Morgan fingerprint density at radius 2 is 2.00 bits per heavy atom. The normalized spacial score (nSPS) is 10.2. The zero-order valence-corrected chi connectivity index (χ0v) is 13.0. The Morgan fingerprint density at radius 3 is 2.75 bits per heavy atom. The average molecular weight is 317 g/mol. The summed E-state index contributed by atoms with van der Waals surface area (Å²) in [4.78, 5) is 14.3. The molecule has 3 N–H and O–H groups in total. The molecule has 1 aromatic heterocycles. The first kappa shape index (κ1) is 15.4. The Hall–Kier alpha value is -3.52. The molecule has 0 spiro atoms. The number of hydrogen-bond donors (Lipinski definition) is 2. The molecule has 3 aromatic rings. The number of H-pyrrole nitrogens is 1. The van der Waals surface area contributed by atoms with Crippen molar-refractivity contribution in [1.82, 2.24) is 4.98 Å². The number of nitrogen functional groups attached to an aromatic ring is 1. The maximum atomic E-state index is 11.6. The molecule has 0 fully saturated rings. The second-order valence-electron chi connectivity index (χ2n) is 5.40. The van der Waals surface area contributed by atoms with Gasteiger partial charge in [-0.2, -0.15) is 5.26 Å². The number of nitrogens with zero attached hydrogens (tertiary/aromatic N) is 1. The fraction of sp³-hybridized carbons (Fsp3) is 0.0526. The van der Waals surface area contributed by atoms with Crippen LogP contribution in [0.15, 0.2) is 59.5 Å². The molecule has 3 rings (SSSR count). The highest BCUT2D eigenvalue weighted by atomic mass is 16.5. The third-order valence-corrected chi connectivity index (χ3v) is 3.59. The molecule has 0 unspecified atom stereocenters. The van der Waals surface area contributed by atoms with Gasteiger partial charge in [-0.25, -0.2) is 0 Å². The number of ether oxygens (including phenoxy) is 1. The van der Waals surface area contributed by atoms with Gasteiger partial charge >= 0.3 is 0 Å². The maximum absolute atomic E-state index is 11.6. The summed E-state index contributed by atoms with van der Waals surface area (Å²) in [7, 11) is 0. The molecule has 1 heterocycles. The van der Waals surface area contributed by atoms with Crippen LogP contribution < -0.4 is 16.0 Å². The minimum absolute atomic E-state index is 0.133. The van der Waals surface area contributed by atoms with Gasteiger partial charge in [-0.05, 0) is 49.4 Å². The highest BCUT2D eigenvalue weighted by Crippen LogP contribution is 2.34. The van der Waals surface area contributed by atoms with Crippen molar-refractivity contribution in [1.29, 1.82) is 5.26 Å². The molecule has 5 nitrogen and oxygen atoms in total. The third-order valence-electron chi connectivity index (χ3n) is 3.59. The first-order valence-corrected chi connectivity index (χ1v) is 7.34. The van der Waals surface area contributed by atoms with Crippen molar-refractivity contribution >= 4 is 5.69 Å². The molecular weight excluding hydrogens is 302 g/mol. The molecule has 0 aliphatic heterocycles. The van der Waals surface area contributed by atoms with Crippen LogP contribution in [0.25, 0.3) is 11.1 Å². The Balaban J connectivity index is 2.07. The van der Waals surface area contributed by atoms with E-state index in [1.807, 2.05) is 0 Å². The lowest BCUT2D eigenvalue weighted by molar-refractivity contribution is 0.484. The number of nitriles is 1. The van der Waals surface area contributed by atoms with Crippen molar-refractivity contribution < 1.29 is 4.74 Å². The summed E-state index contributed by atoms with van der Waals surface area (Å²) < 4.78 is 5.93. The van der Waals surface area contributed by atoms with Gasteiger partial charge < -0.3 is 15.5 Å². The SMILES string of the molecule is Cc1cc(-c2cc(N)ccc2Oc2cccc(C#N)c2)c[nH]c1=O. The van der Waals surface area contributed by atoms with Crippen LogP contribution in [0.1, 0.15) is 11.1 Å². The van der Waals surface area contributed by atoms with Gasteiger partial charge in [-0.15, -0.1) is 0 Å². The van der Waals surface area contributed by atoms with Crippen LogP contribution in [0, 0.1) is 18.3 Å². The van der Waals surface area contributed by atoms with Gasteiger partial charge in [0.05, 0.1) is 11.6 Å². The lowest BCUT2D eigenvalue weighted by Crippen LogP contribution is -2.08. The maximum Gasteiger partial charge on any atom is 0.250 e. The van der Waals surface area contributed by atoms with Crippen LogP contribution in [-0.4, -0.2) is 4.98 Å². The van der Waals surface area contributed by atoms with Crippen molar-refractivity contribution in [3.05, 3.63) is 76.2 Å². The number of nitrogens with two attached hydrogens (primary N) is 1. The molecule has 24 heavy (non-hydrogen) atoms. The molecule has 118 valence electrons. The Bertz CT molecular complexity index is 1000. The molecular formula is C19H15N3O2. The summed E-state index contributed by atoms with van der Waals surface area (Å²) in [6.07, 6.45) is 1.63. The van der Waals surface area contributed by atoms with Gasteiger partial charge in [0.2, 0.25) is 0 Å². The molecule has 0 saturated carbocycles. The predicted octanol–water partition coefficient (Wildman–Crippen LogP) is 3.60. The van der Waals surface area contributed by atoms with Crippen molar-refractivity contribution in [2.45, 2.75) is 6.92 Å². The van der Waals surface area contributed by atoms with E-state index in [0.29, 0.717) is 28.3 Å². The first-order valence-electron chi connectivity index (χ1n) is 7.34. The van der Waals surface area contributed by atoms with Crippen LogP contribution >= 0.6 is 0 Å². The number of aryl methyl sites for hydroxylation is 1. The smallest absolute Gasteiger partial charge is 0.250 e. The molecule has 0 bridgehead atoms. The van der Waals surface area contributed by atoms with E-state index in [2.05, 4.69) is 11.1 Å². The summed E-state index contributed by atoms with van der Waals surface area (Å²) in [5.41, 5.74) is 9.04. The van der Waals surface area contributed by atoms with Crippen LogP contribution in [0.4, 0.5) is 5.69 Å². The standard InChI is InChI=1S/C19H15N3O2/c1-12-7-14(11-22-19(12)23)17-9-15(21)5-6-18(17)24-16-4-2-3-13(8-16)10-20/h2-9,11H,21H2,1H3,(H,22,23). The van der Waals surface area contributed by atoms with Crippen LogP contribution in [0.3, 0.4) is 0 Å². The second kappa shape index (κ2) is 6.31. The first-order chi connectivity index (χ1) is 11.6. The lowest BCUT2D eigenvalue weighted by atomic mass is 10.0. The van der Waals surface area contributed by atoms with Crippen LogP contribution in [-0.2, 0) is 0 Å². The minimum Gasteiger partial charge on any atom is -0.457 e. The van der Waals surface area contributed by atoms with Crippen molar-refractivity contribution in [2.75, 3.05) is 5.73 Å². The quantitative estimate of drug-likeness (QED) is 0.722. The number of nitrogens with one attached hydrogen (secondary N) is 1. The van der Waals surface area contributed by atoms with Crippen LogP contribution in [0.2, 0.25) is 0 Å². The molecule has 0 saturated heterocycles. The zero-order valence-electron chi connectivity index (χ0n) is 13.0. The van der Waals surface area contributed by atoms with Gasteiger partial charge in [0, 0.05) is 28.6 Å². The number of anilines is 1. The summed E-state index contributed by atoms with van der Waals surface area (Å²) in [5.74, 6) is 1.15. The molecule has 0 aliphatic carbocycles. The van der Waals surface area contributed by atoms with Crippen molar-refractivity contribution in [3.8, 4) is 28.7 Å². The second-order valence-corrected chi connectivity index (χ2v) is 5.40. The van der Waals surface area contributed by atoms with E-state index in [0.717, 1.165) is 11.1 Å². The van der Waals surface area contributed by atoms with E-state index in [-0.39, 0.29) is 5.56 Å². The van der Waals surface area contributed by atoms with Gasteiger partial charge in [0.1, 0.15) is 11.5 Å². The van der Waals surface area contributed by atoms with E-state index >= 15 is 0 Å². The number of benzene rings is 2. The number of rotatable bonds is 3. The molecule has 2 aromatic carbocycles. The predicted molar refractivity (Wildman–Crippen MR) is 92.9 cm³/mol. The van der Waals surface area contributed by atoms with E-state index in [4.69, 9.17) is 15.7 Å². The van der Waals surface area contributed by atoms with Gasteiger partial charge in [0.15, 0.2) is 0 Å². The van der Waals surface area contributed by atoms with Crippen LogP contribution in [0.5, 0.6) is 11.5 Å². The fourth-order valence-electron chi connectivity index (χ4n) is 2.37. The summed E-state index contributed by atoms with van der Waals surface area (Å²) in [6, 6.07) is 16.1.